The van der Waals surface area contributed by atoms with E-state index >= 15 is 0 Å². The molecule has 2 aliphatic heterocycles. The third kappa shape index (κ3) is 20.4. The van der Waals surface area contributed by atoms with Crippen molar-refractivity contribution in [3.63, 3.8) is 0 Å². The Bertz CT molecular complexity index is 2950. The van der Waals surface area contributed by atoms with E-state index in [4.69, 9.17) is 42.1 Å². The van der Waals surface area contributed by atoms with Crippen LogP contribution in [0.2, 0.25) is 49.5 Å². The molecule has 83 heavy (non-hydrogen) atoms. The fourth-order valence-electron chi connectivity index (χ4n) is 10.7. The number of ether oxygens (including phenoxy) is 4. The Kier molecular flexibility index (Phi) is 24.3. The number of esters is 4. The number of rotatable bonds is 22. The molecule has 2 saturated heterocycles. The highest BCUT2D eigenvalue weighted by molar-refractivity contribution is 9.10. The summed E-state index contributed by atoms with van der Waals surface area (Å²) < 4.78 is 22.2. The van der Waals surface area contributed by atoms with E-state index < -0.39 is 85.0 Å². The van der Waals surface area contributed by atoms with Gasteiger partial charge in [-0.25, -0.2) is 0 Å². The lowest BCUT2D eigenvalue weighted by molar-refractivity contribution is -0.252. The molecule has 0 bridgehead atoms. The number of carboxylic acids is 1. The van der Waals surface area contributed by atoms with E-state index in [1.54, 1.807) is 41.2 Å². The molecule has 2 fully saturated rings. The molecule has 5 N–H and O–H groups in total. The minimum atomic E-state index is -1.39. The van der Waals surface area contributed by atoms with Gasteiger partial charge in [0.25, 0.3) is 32.3 Å². The Morgan fingerprint density at radius 2 is 0.843 bits per heavy atom. The van der Waals surface area contributed by atoms with E-state index in [9.17, 15) is 49.3 Å². The minimum Gasteiger partial charge on any atom is -0.481 e. The molecule has 5 aromatic rings. The van der Waals surface area contributed by atoms with Crippen molar-refractivity contribution < 1.29 is 68.2 Å². The second-order valence-corrected chi connectivity index (χ2v) is 26.0. The molecule has 4 atom stereocenters. The molecule has 0 amide bonds. The first-order chi connectivity index (χ1) is 38.7. The fraction of sp³-hybridized carbons (Fsp3) is 0.444. The number of carboxylic acid groups (broad SMARTS) is 1. The molecule has 0 aromatic heterocycles. The van der Waals surface area contributed by atoms with E-state index in [2.05, 4.69) is 15.9 Å². The van der Waals surface area contributed by atoms with Gasteiger partial charge in [0.1, 0.15) is 0 Å². The molecule has 7 rings (SSSR count). The molecule has 0 spiro atoms. The molecule has 0 saturated carbocycles. The maximum absolute atomic E-state index is 12.6. The molecule has 0 aliphatic carbocycles. The van der Waals surface area contributed by atoms with Gasteiger partial charge in [0.15, 0.2) is 10.8 Å². The summed E-state index contributed by atoms with van der Waals surface area (Å²) in [5.74, 6) is -6.03. The van der Waals surface area contributed by atoms with Gasteiger partial charge in [-0.1, -0.05) is 145 Å². The maximum Gasteiger partial charge on any atom is 0.326 e. The molecule has 0 unspecified atom stereocenters. The van der Waals surface area contributed by atoms with Gasteiger partial charge in [0, 0.05) is 42.2 Å². The molecule has 444 valence electrons. The highest BCUT2D eigenvalue weighted by Crippen LogP contribution is 2.41. The zero-order valence-corrected chi connectivity index (χ0v) is 52.2. The Labute approximate surface area is 508 Å². The molecular weight excluding hydrogens is 1160 g/mol. The number of cyclic esters (lactones) is 4. The number of hydrogen-bond acceptors (Lipinski definition) is 13. The zero-order chi connectivity index (χ0) is 61.7. The monoisotopic (exact) mass is 1240 g/mol. The first kappa shape index (κ1) is 68.3. The Morgan fingerprint density at radius 3 is 1.14 bits per heavy atom. The minimum absolute atomic E-state index is 0.0460. The van der Waals surface area contributed by atoms with Crippen molar-refractivity contribution in [2.24, 2.45) is 34.0 Å². The summed E-state index contributed by atoms with van der Waals surface area (Å²) in [6.07, 6.45) is 4.13. The lowest BCUT2D eigenvalue weighted by atomic mass is 9.60. The zero-order valence-electron chi connectivity index (χ0n) is 49.1. The van der Waals surface area contributed by atoms with Gasteiger partial charge in [-0.05, 0) is 171 Å². The summed E-state index contributed by atoms with van der Waals surface area (Å²) in [7, 11) is 0. The highest BCUT2D eigenvalue weighted by atomic mass is 79.9. The first-order valence-corrected chi connectivity index (χ1v) is 29.5. The topological polar surface area (TPSA) is 223 Å². The standard InChI is InChI=1S/C24H28BClO5.C21H26BClO4.C18H24BBrO5/c1-23(2)30-21(27)24(3,22(28)31-23)14-17(15-25(4)29)12-16-8-10-18(11-9-16)19-6-5-7-20(26)13-19;1-21(14-24,20(25)26)12-16(13-22(2)27)10-15-6-8-17(9-7-15)18-4-3-5-19(23)11-18;1-17(2)24-15(21)18(3,16(22)25-17)10-13(11-19(4)23)9-12-5-7-14(20)8-6-12/h5-11,13,17,29H,12,14-15H2,1-4H3;3-9,11,16,24,27H,10,12-14H2,1-2H3,(H,25,26);5-8,13,23H,9-11H2,1-4H3/t17-;16-,21+;13-/m111/s1. The number of carbonyl (C=O) groups excluding carboxylic acids is 4. The largest absolute Gasteiger partial charge is 0.481 e. The van der Waals surface area contributed by atoms with Crippen molar-refractivity contribution in [2.45, 2.75) is 138 Å². The van der Waals surface area contributed by atoms with Gasteiger partial charge >= 0.3 is 29.8 Å². The normalized spacial score (nSPS) is 17.4. The van der Waals surface area contributed by atoms with Gasteiger partial charge in [0.05, 0.1) is 12.0 Å². The van der Waals surface area contributed by atoms with E-state index in [-0.39, 0.29) is 30.6 Å². The predicted octanol–water partition coefficient (Wildman–Crippen LogP) is 12.7. The van der Waals surface area contributed by atoms with Crippen LogP contribution in [0.1, 0.15) is 84.4 Å². The number of carbonyl (C=O) groups is 5. The third-order valence-corrected chi connectivity index (χ3v) is 15.9. The maximum atomic E-state index is 12.6. The van der Waals surface area contributed by atoms with Gasteiger partial charge in [0.2, 0.25) is 0 Å². The highest BCUT2D eigenvalue weighted by Gasteiger charge is 2.55. The predicted molar refractivity (Wildman–Crippen MR) is 331 cm³/mol. The summed E-state index contributed by atoms with van der Waals surface area (Å²) >= 11 is 15.5. The van der Waals surface area contributed by atoms with Crippen molar-refractivity contribution >= 4 is 89.7 Å². The molecule has 14 nitrogen and oxygen atoms in total. The summed E-state index contributed by atoms with van der Waals surface area (Å²) in [6.45, 7) is 13.9. The molecule has 2 aliphatic rings. The summed E-state index contributed by atoms with van der Waals surface area (Å²) in [6, 6.07) is 39.3. The molecule has 2 heterocycles. The fourth-order valence-corrected chi connectivity index (χ4v) is 11.3. The van der Waals surface area contributed by atoms with Crippen LogP contribution in [0.3, 0.4) is 0 Å². The summed E-state index contributed by atoms with van der Waals surface area (Å²) in [5.41, 5.74) is 3.41. The number of aliphatic carboxylic acids is 1. The van der Waals surface area contributed by atoms with E-state index in [0.29, 0.717) is 54.7 Å². The van der Waals surface area contributed by atoms with Crippen molar-refractivity contribution in [1.82, 2.24) is 0 Å². The number of aliphatic hydroxyl groups is 1. The molecular formula is C63H78B3BrCl2O14. The second-order valence-electron chi connectivity index (χ2n) is 24.2. The number of halogens is 3. The van der Waals surface area contributed by atoms with Crippen LogP contribution >= 0.6 is 39.1 Å². The van der Waals surface area contributed by atoms with Crippen LogP contribution in [-0.2, 0) is 62.2 Å². The third-order valence-electron chi connectivity index (χ3n) is 14.9. The van der Waals surface area contributed by atoms with Gasteiger partial charge in [-0.2, -0.15) is 0 Å². The molecule has 5 aromatic carbocycles. The smallest absolute Gasteiger partial charge is 0.326 e. The molecule has 0 radical (unpaired) electrons. The number of aliphatic hydroxyl groups excluding tert-OH is 1. The number of benzene rings is 5. The van der Waals surface area contributed by atoms with Crippen molar-refractivity contribution in [3.05, 3.63) is 153 Å². The Balaban J connectivity index is 0.000000230. The van der Waals surface area contributed by atoms with E-state index in [0.717, 1.165) is 43.4 Å². The number of hydrogen-bond donors (Lipinski definition) is 5. The van der Waals surface area contributed by atoms with Crippen molar-refractivity contribution in [3.8, 4) is 22.3 Å². The van der Waals surface area contributed by atoms with Gasteiger partial charge in [-0.3, -0.25) is 24.0 Å². The van der Waals surface area contributed by atoms with Crippen LogP contribution in [0.25, 0.3) is 22.3 Å². The van der Waals surface area contributed by atoms with Crippen LogP contribution in [0.15, 0.2) is 126 Å². The first-order valence-electron chi connectivity index (χ1n) is 28.0. The second kappa shape index (κ2) is 29.6. The lowest BCUT2D eigenvalue weighted by Gasteiger charge is -2.39. The van der Waals surface area contributed by atoms with Crippen LogP contribution in [0.4, 0.5) is 0 Å². The van der Waals surface area contributed by atoms with E-state index in [1.807, 2.05) is 121 Å². The van der Waals surface area contributed by atoms with Crippen molar-refractivity contribution in [2.75, 3.05) is 6.61 Å². The average molecular weight is 1240 g/mol. The summed E-state index contributed by atoms with van der Waals surface area (Å²) in [4.78, 5) is 61.8. The van der Waals surface area contributed by atoms with Gasteiger partial charge < -0.3 is 44.2 Å². The van der Waals surface area contributed by atoms with Crippen LogP contribution in [0, 0.1) is 34.0 Å². The van der Waals surface area contributed by atoms with Crippen molar-refractivity contribution in [1.29, 1.82) is 0 Å². The molecule has 20 heteroatoms. The summed E-state index contributed by atoms with van der Waals surface area (Å²) in [5, 5.41) is 50.0. The van der Waals surface area contributed by atoms with E-state index in [1.165, 1.54) is 27.7 Å². The lowest BCUT2D eigenvalue weighted by Crippen LogP contribution is -2.53. The quantitative estimate of drug-likeness (QED) is 0.0247. The average Bonchev–Trinajstić information content (AvgIpc) is 3.56. The Hall–Kier alpha value is -5.46. The van der Waals surface area contributed by atoms with Gasteiger partial charge in [-0.15, -0.1) is 0 Å². The van der Waals surface area contributed by atoms with Crippen LogP contribution in [0.5, 0.6) is 0 Å². The van der Waals surface area contributed by atoms with Crippen LogP contribution < -0.4 is 0 Å². The van der Waals surface area contributed by atoms with Crippen LogP contribution in [-0.4, -0.2) is 94.1 Å². The SMILES string of the molecule is CB(O)C[C@H](Cc1ccc(-c2cccc(Cl)c2)cc1)CC1(C)C(=O)OC(C)(C)OC1=O.CB(O)C[C@H](Cc1ccc(-c2cccc(Cl)c2)cc1)C[C@@](C)(CO)C(=O)O.CB(O)C[C@H](Cc1ccc(Br)cc1)CC1(C)C(=O)OC(C)(C)OC1=O. The Morgan fingerprint density at radius 1 is 0.530 bits per heavy atom.